The van der Waals surface area contributed by atoms with Gasteiger partial charge in [-0.25, -0.2) is 0 Å². The van der Waals surface area contributed by atoms with Gasteiger partial charge in [0.1, 0.15) is 0 Å². The van der Waals surface area contributed by atoms with Crippen LogP contribution in [-0.4, -0.2) is 20.1 Å². The Morgan fingerprint density at radius 3 is 3.11 bits per heavy atom. The summed E-state index contributed by atoms with van der Waals surface area (Å²) in [6.07, 6.45) is 5.20. The smallest absolute Gasteiger partial charge is 0.0817 e. The first-order valence-corrected chi connectivity index (χ1v) is 7.59. The van der Waals surface area contributed by atoms with Gasteiger partial charge in [0.2, 0.25) is 0 Å². The molecule has 2 unspecified atom stereocenters. The molecule has 2 aromatic rings. The Labute approximate surface area is 117 Å². The van der Waals surface area contributed by atoms with E-state index in [1.807, 2.05) is 29.6 Å². The second-order valence-electron chi connectivity index (χ2n) is 4.97. The molecule has 0 spiro atoms. The van der Waals surface area contributed by atoms with Crippen LogP contribution in [0.25, 0.3) is 0 Å². The fraction of sp³-hybridized carbons (Fsp3) is 0.400. The Balaban J connectivity index is 1.66. The van der Waals surface area contributed by atoms with E-state index in [1.54, 1.807) is 6.20 Å². The van der Waals surface area contributed by atoms with Crippen LogP contribution < -0.4 is 0 Å². The van der Waals surface area contributed by atoms with E-state index >= 15 is 0 Å². The number of rotatable bonds is 4. The highest BCUT2D eigenvalue weighted by Gasteiger charge is 2.22. The Hall–Kier alpha value is -1.26. The summed E-state index contributed by atoms with van der Waals surface area (Å²) >= 11 is 1.93. The predicted molar refractivity (Wildman–Crippen MR) is 77.3 cm³/mol. The van der Waals surface area contributed by atoms with Gasteiger partial charge in [0.25, 0.3) is 0 Å². The number of nitrogens with zero attached hydrogens (tertiary/aromatic N) is 2. The van der Waals surface area contributed by atoms with Crippen LogP contribution >= 0.6 is 11.8 Å². The van der Waals surface area contributed by atoms with E-state index in [9.17, 15) is 5.11 Å². The molecular formula is C15H18N2OS. The Kier molecular flexibility index (Phi) is 3.62. The van der Waals surface area contributed by atoms with Gasteiger partial charge in [-0.2, -0.15) is 5.10 Å². The van der Waals surface area contributed by atoms with Crippen LogP contribution in [-0.2, 0) is 13.0 Å². The van der Waals surface area contributed by atoms with Crippen LogP contribution in [0.4, 0.5) is 0 Å². The zero-order valence-electron chi connectivity index (χ0n) is 11.0. The third kappa shape index (κ3) is 2.69. The largest absolute Gasteiger partial charge is 0.388 e. The van der Waals surface area contributed by atoms with E-state index in [-0.39, 0.29) is 6.10 Å². The Morgan fingerprint density at radius 2 is 2.32 bits per heavy atom. The number of hydrogen-bond donors (Lipinski definition) is 1. The average Bonchev–Trinajstić information content (AvgIpc) is 3.04. The summed E-state index contributed by atoms with van der Waals surface area (Å²) in [4.78, 5) is 1.40. The van der Waals surface area contributed by atoms with E-state index in [0.717, 1.165) is 24.9 Å². The number of thioether (sulfide) groups is 1. The van der Waals surface area contributed by atoms with Crippen molar-refractivity contribution in [2.24, 2.45) is 0 Å². The van der Waals surface area contributed by atoms with Crippen molar-refractivity contribution < 1.29 is 5.11 Å². The molecular weight excluding hydrogens is 256 g/mol. The summed E-state index contributed by atoms with van der Waals surface area (Å²) in [5, 5.41) is 14.7. The van der Waals surface area contributed by atoms with E-state index in [4.69, 9.17) is 0 Å². The Bertz CT molecular complexity index is 542. The highest BCUT2D eigenvalue weighted by atomic mass is 32.2. The first kappa shape index (κ1) is 12.8. The van der Waals surface area contributed by atoms with Gasteiger partial charge in [-0.3, -0.25) is 4.68 Å². The number of benzene rings is 1. The molecule has 3 nitrogen and oxygen atoms in total. The summed E-state index contributed by atoms with van der Waals surface area (Å²) in [5.74, 6) is 0. The van der Waals surface area contributed by atoms with Gasteiger partial charge in [0, 0.05) is 21.9 Å². The zero-order valence-corrected chi connectivity index (χ0v) is 11.8. The third-order valence-electron chi connectivity index (χ3n) is 3.53. The number of hydrogen-bond acceptors (Lipinski definition) is 3. The fourth-order valence-electron chi connectivity index (χ4n) is 2.45. The Morgan fingerprint density at radius 1 is 1.47 bits per heavy atom. The van der Waals surface area contributed by atoms with Gasteiger partial charge in [-0.1, -0.05) is 25.1 Å². The van der Waals surface area contributed by atoms with Crippen molar-refractivity contribution in [3.05, 3.63) is 47.8 Å². The number of aromatic nitrogens is 2. The van der Waals surface area contributed by atoms with Crippen molar-refractivity contribution in [2.75, 3.05) is 0 Å². The molecule has 1 aromatic heterocycles. The van der Waals surface area contributed by atoms with Gasteiger partial charge in [-0.05, 0) is 24.5 Å². The summed E-state index contributed by atoms with van der Waals surface area (Å²) < 4.78 is 1.96. The van der Waals surface area contributed by atoms with Crippen LogP contribution in [0, 0.1) is 0 Å². The third-order valence-corrected chi connectivity index (χ3v) is 4.83. The van der Waals surface area contributed by atoms with Crippen LogP contribution in [0.3, 0.4) is 0 Å². The van der Waals surface area contributed by atoms with Gasteiger partial charge >= 0.3 is 0 Å². The lowest BCUT2D eigenvalue weighted by molar-refractivity contribution is 0.173. The van der Waals surface area contributed by atoms with E-state index in [2.05, 4.69) is 29.4 Å². The lowest BCUT2D eigenvalue weighted by Gasteiger charge is -2.08. The lowest BCUT2D eigenvalue weighted by Crippen LogP contribution is -2.12. The molecule has 1 aromatic carbocycles. The maximum absolute atomic E-state index is 9.79. The quantitative estimate of drug-likeness (QED) is 0.931. The summed E-state index contributed by atoms with van der Waals surface area (Å²) in [5.41, 5.74) is 2.36. The molecule has 3 rings (SSSR count). The van der Waals surface area contributed by atoms with Crippen LogP contribution in [0.1, 0.15) is 30.6 Å². The standard InChI is InChI=1S/C15H18N2OS/c1-2-14(18)12-8-16-17(9-12)10-13-7-11-5-3-4-6-15(11)19-13/h3-6,8-9,13-14,18H,2,7,10H2,1H3. The SMILES string of the molecule is CCC(O)c1cnn(CC2Cc3ccccc3S2)c1. The first-order chi connectivity index (χ1) is 9.26. The second kappa shape index (κ2) is 5.39. The molecule has 0 radical (unpaired) electrons. The predicted octanol–water partition coefficient (Wildman–Crippen LogP) is 3.04. The molecule has 4 heteroatoms. The second-order valence-corrected chi connectivity index (χ2v) is 6.31. The maximum atomic E-state index is 9.79. The van der Waals surface area contributed by atoms with Gasteiger partial charge < -0.3 is 5.11 Å². The number of aliphatic hydroxyl groups excluding tert-OH is 1. The molecule has 1 aliphatic rings. The van der Waals surface area contributed by atoms with Crippen molar-refractivity contribution in [2.45, 2.75) is 42.6 Å². The van der Waals surface area contributed by atoms with Crippen molar-refractivity contribution in [3.8, 4) is 0 Å². The monoisotopic (exact) mass is 274 g/mol. The van der Waals surface area contributed by atoms with Crippen LogP contribution in [0.5, 0.6) is 0 Å². The van der Waals surface area contributed by atoms with Crippen LogP contribution in [0.15, 0.2) is 41.6 Å². The molecule has 19 heavy (non-hydrogen) atoms. The molecule has 2 heterocycles. The number of fused-ring (bicyclic) bond motifs is 1. The summed E-state index contributed by atoms with van der Waals surface area (Å²) in [6.45, 7) is 2.88. The highest BCUT2D eigenvalue weighted by molar-refractivity contribution is 8.00. The van der Waals surface area contributed by atoms with E-state index in [0.29, 0.717) is 5.25 Å². The molecule has 2 atom stereocenters. The lowest BCUT2D eigenvalue weighted by atomic mass is 10.1. The molecule has 0 saturated heterocycles. The van der Waals surface area contributed by atoms with E-state index in [1.165, 1.54) is 10.5 Å². The molecule has 0 bridgehead atoms. The molecule has 1 N–H and O–H groups in total. The molecule has 0 saturated carbocycles. The van der Waals surface area contributed by atoms with Crippen LogP contribution in [0.2, 0.25) is 0 Å². The van der Waals surface area contributed by atoms with Crippen molar-refractivity contribution >= 4 is 11.8 Å². The molecule has 100 valence electrons. The fourth-order valence-corrected chi connectivity index (χ4v) is 3.76. The van der Waals surface area contributed by atoms with Crippen molar-refractivity contribution in [1.29, 1.82) is 0 Å². The van der Waals surface area contributed by atoms with Crippen molar-refractivity contribution in [1.82, 2.24) is 9.78 Å². The van der Waals surface area contributed by atoms with Gasteiger partial charge in [0.15, 0.2) is 0 Å². The minimum absolute atomic E-state index is 0.387. The molecule has 0 fully saturated rings. The highest BCUT2D eigenvalue weighted by Crippen LogP contribution is 2.37. The summed E-state index contributed by atoms with van der Waals surface area (Å²) in [6, 6.07) is 8.59. The first-order valence-electron chi connectivity index (χ1n) is 6.71. The number of aliphatic hydroxyl groups is 1. The minimum Gasteiger partial charge on any atom is -0.388 e. The van der Waals surface area contributed by atoms with E-state index < -0.39 is 0 Å². The minimum atomic E-state index is -0.387. The van der Waals surface area contributed by atoms with Gasteiger partial charge in [0.05, 0.1) is 18.8 Å². The average molecular weight is 274 g/mol. The topological polar surface area (TPSA) is 38.1 Å². The summed E-state index contributed by atoms with van der Waals surface area (Å²) in [7, 11) is 0. The molecule has 0 amide bonds. The maximum Gasteiger partial charge on any atom is 0.0817 e. The van der Waals surface area contributed by atoms with Gasteiger partial charge in [-0.15, -0.1) is 11.8 Å². The normalized spacial score (nSPS) is 19.4. The van der Waals surface area contributed by atoms with Crippen molar-refractivity contribution in [3.63, 3.8) is 0 Å². The molecule has 1 aliphatic heterocycles. The molecule has 0 aliphatic carbocycles. The zero-order chi connectivity index (χ0) is 13.2.